The van der Waals surface area contributed by atoms with Crippen molar-refractivity contribution in [3.63, 3.8) is 0 Å². The predicted molar refractivity (Wildman–Crippen MR) is 61.6 cm³/mol. The van der Waals surface area contributed by atoms with Gasteiger partial charge in [-0.15, -0.1) is 0 Å². The van der Waals surface area contributed by atoms with Crippen LogP contribution in [0.4, 0.5) is 13.2 Å². The van der Waals surface area contributed by atoms with Gasteiger partial charge in [0.05, 0.1) is 13.2 Å². The molecule has 0 heterocycles. The first-order valence-electron chi connectivity index (χ1n) is 5.66. The maximum absolute atomic E-state index is 12.5. The lowest BCUT2D eigenvalue weighted by atomic mass is 9.81. The number of alkyl halides is 3. The molecule has 0 aromatic heterocycles. The van der Waals surface area contributed by atoms with Crippen molar-refractivity contribution in [2.24, 2.45) is 11.1 Å². The number of halogens is 3. The van der Waals surface area contributed by atoms with Crippen LogP contribution in [0.15, 0.2) is 0 Å². The van der Waals surface area contributed by atoms with Gasteiger partial charge < -0.3 is 10.8 Å². The van der Waals surface area contributed by atoms with E-state index in [0.29, 0.717) is 0 Å². The van der Waals surface area contributed by atoms with Gasteiger partial charge >= 0.3 is 6.18 Å². The molecule has 0 aromatic carbocycles. The van der Waals surface area contributed by atoms with Crippen LogP contribution in [0, 0.1) is 5.41 Å². The van der Waals surface area contributed by atoms with Crippen molar-refractivity contribution < 1.29 is 18.3 Å². The molecule has 17 heavy (non-hydrogen) atoms. The Kier molecular flexibility index (Phi) is 5.90. The lowest BCUT2D eigenvalue weighted by molar-refractivity contribution is -0.157. The van der Waals surface area contributed by atoms with E-state index in [-0.39, 0.29) is 18.6 Å². The van der Waals surface area contributed by atoms with Crippen molar-refractivity contribution in [3.05, 3.63) is 0 Å². The molecule has 0 radical (unpaired) electrons. The van der Waals surface area contributed by atoms with Crippen LogP contribution in [-0.4, -0.2) is 48.0 Å². The van der Waals surface area contributed by atoms with E-state index in [9.17, 15) is 13.2 Å². The monoisotopic (exact) mass is 256 g/mol. The summed E-state index contributed by atoms with van der Waals surface area (Å²) in [5, 5.41) is 8.88. The number of nitrogens with two attached hydrogens (primary N) is 1. The van der Waals surface area contributed by atoms with Crippen LogP contribution >= 0.6 is 0 Å². The topological polar surface area (TPSA) is 49.5 Å². The molecule has 0 amide bonds. The highest BCUT2D eigenvalue weighted by Crippen LogP contribution is 2.29. The van der Waals surface area contributed by atoms with E-state index in [4.69, 9.17) is 10.8 Å². The molecule has 3 N–H and O–H groups in total. The second-order valence-corrected chi connectivity index (χ2v) is 5.48. The van der Waals surface area contributed by atoms with Gasteiger partial charge in [0.2, 0.25) is 0 Å². The number of hydrogen-bond acceptors (Lipinski definition) is 3. The zero-order valence-corrected chi connectivity index (χ0v) is 10.9. The van der Waals surface area contributed by atoms with Gasteiger partial charge in [0.1, 0.15) is 0 Å². The van der Waals surface area contributed by atoms with E-state index in [1.54, 1.807) is 6.92 Å². The van der Waals surface area contributed by atoms with E-state index >= 15 is 0 Å². The second-order valence-electron chi connectivity index (χ2n) is 5.48. The number of rotatable bonds is 5. The fourth-order valence-electron chi connectivity index (χ4n) is 2.34. The van der Waals surface area contributed by atoms with Gasteiger partial charge in [-0.2, -0.15) is 13.2 Å². The Balaban J connectivity index is 4.97. The zero-order valence-electron chi connectivity index (χ0n) is 10.9. The summed E-state index contributed by atoms with van der Waals surface area (Å²) in [6.45, 7) is 5.86. The normalized spacial score (nSPS) is 17.3. The third-order valence-electron chi connectivity index (χ3n) is 2.55. The van der Waals surface area contributed by atoms with Gasteiger partial charge in [-0.05, 0) is 12.3 Å². The van der Waals surface area contributed by atoms with Gasteiger partial charge in [-0.25, -0.2) is 0 Å². The highest BCUT2D eigenvalue weighted by molar-refractivity contribution is 4.90. The zero-order chi connectivity index (χ0) is 13.9. The summed E-state index contributed by atoms with van der Waals surface area (Å²) in [5.74, 6) is 0. The van der Waals surface area contributed by atoms with Crippen molar-refractivity contribution in [3.8, 4) is 0 Å². The highest BCUT2D eigenvalue weighted by atomic mass is 19.4. The Morgan fingerprint density at radius 1 is 1.24 bits per heavy atom. The largest absolute Gasteiger partial charge is 0.401 e. The Labute approximate surface area is 101 Å². The lowest BCUT2D eigenvalue weighted by Crippen LogP contribution is -2.56. The number of nitrogens with zero attached hydrogens (tertiary/aromatic N) is 1. The molecule has 0 aromatic rings. The molecule has 0 rings (SSSR count). The molecular formula is C11H23F3N2O. The summed E-state index contributed by atoms with van der Waals surface area (Å²) in [6.07, 6.45) is -4.28. The molecule has 0 bridgehead atoms. The van der Waals surface area contributed by atoms with Crippen LogP contribution in [0.2, 0.25) is 0 Å². The van der Waals surface area contributed by atoms with Crippen molar-refractivity contribution in [1.29, 1.82) is 0 Å². The van der Waals surface area contributed by atoms with E-state index in [1.165, 1.54) is 4.90 Å². The highest BCUT2D eigenvalue weighted by Gasteiger charge is 2.39. The minimum absolute atomic E-state index is 0.0248. The van der Waals surface area contributed by atoms with Gasteiger partial charge in [0, 0.05) is 18.6 Å². The number of aliphatic hydroxyl groups is 1. The van der Waals surface area contributed by atoms with Crippen LogP contribution in [0.25, 0.3) is 0 Å². The fraction of sp³-hybridized carbons (Fsp3) is 1.00. The van der Waals surface area contributed by atoms with Crippen LogP contribution < -0.4 is 5.73 Å². The minimum atomic E-state index is -4.28. The summed E-state index contributed by atoms with van der Waals surface area (Å²) in [5.41, 5.74) is 5.40. The Morgan fingerprint density at radius 2 is 1.71 bits per heavy atom. The van der Waals surface area contributed by atoms with Crippen LogP contribution in [0.5, 0.6) is 0 Å². The fourth-order valence-corrected chi connectivity index (χ4v) is 2.34. The molecule has 0 saturated carbocycles. The Hall–Kier alpha value is -0.330. The average Bonchev–Trinajstić information content (AvgIpc) is 1.96. The number of aliphatic hydroxyl groups excluding tert-OH is 1. The van der Waals surface area contributed by atoms with E-state index in [0.717, 1.165) is 0 Å². The maximum atomic E-state index is 12.5. The average molecular weight is 256 g/mol. The molecule has 2 atom stereocenters. The van der Waals surface area contributed by atoms with Gasteiger partial charge in [-0.3, -0.25) is 4.90 Å². The molecule has 0 aliphatic rings. The van der Waals surface area contributed by atoms with Crippen molar-refractivity contribution in [1.82, 2.24) is 4.90 Å². The van der Waals surface area contributed by atoms with E-state index < -0.39 is 24.8 Å². The lowest BCUT2D eigenvalue weighted by Gasteiger charge is -2.42. The van der Waals surface area contributed by atoms with Crippen LogP contribution in [-0.2, 0) is 0 Å². The quantitative estimate of drug-likeness (QED) is 0.785. The van der Waals surface area contributed by atoms with Crippen LogP contribution in [0.3, 0.4) is 0 Å². The van der Waals surface area contributed by atoms with Crippen molar-refractivity contribution in [2.45, 2.75) is 46.0 Å². The third-order valence-corrected chi connectivity index (χ3v) is 2.55. The second kappa shape index (κ2) is 6.02. The van der Waals surface area contributed by atoms with Gasteiger partial charge in [0.25, 0.3) is 0 Å². The molecule has 0 aliphatic carbocycles. The molecule has 104 valence electrons. The minimum Gasteiger partial charge on any atom is -0.395 e. The molecule has 0 saturated heterocycles. The molecule has 6 heteroatoms. The molecule has 2 unspecified atom stereocenters. The first kappa shape index (κ1) is 16.7. The summed E-state index contributed by atoms with van der Waals surface area (Å²) < 4.78 is 37.4. The summed E-state index contributed by atoms with van der Waals surface area (Å²) >= 11 is 0. The predicted octanol–water partition coefficient (Wildman–Crippen LogP) is 1.60. The molecular weight excluding hydrogens is 233 g/mol. The van der Waals surface area contributed by atoms with Crippen molar-refractivity contribution in [2.75, 3.05) is 19.7 Å². The summed E-state index contributed by atoms with van der Waals surface area (Å²) in [7, 11) is 0. The molecule has 0 aliphatic heterocycles. The number of hydrogen-bond donors (Lipinski definition) is 2. The molecule has 0 spiro atoms. The van der Waals surface area contributed by atoms with Crippen LogP contribution in [0.1, 0.15) is 27.7 Å². The van der Waals surface area contributed by atoms with Gasteiger partial charge in [-0.1, -0.05) is 20.8 Å². The third kappa shape index (κ3) is 6.24. The van der Waals surface area contributed by atoms with E-state index in [1.807, 2.05) is 20.8 Å². The first-order chi connectivity index (χ1) is 7.49. The standard InChI is InChI=1S/C11H23F3N2O/c1-8(15)9(10(2,3)4)16(5-6-17)7-11(12,13)14/h8-9,17H,5-7,15H2,1-4H3. The van der Waals surface area contributed by atoms with E-state index in [2.05, 4.69) is 0 Å². The molecule has 0 fully saturated rings. The van der Waals surface area contributed by atoms with Gasteiger partial charge in [0.15, 0.2) is 0 Å². The maximum Gasteiger partial charge on any atom is 0.401 e. The first-order valence-corrected chi connectivity index (χ1v) is 5.66. The molecule has 3 nitrogen and oxygen atoms in total. The Bertz CT molecular complexity index is 224. The smallest absolute Gasteiger partial charge is 0.395 e. The summed E-state index contributed by atoms with van der Waals surface area (Å²) in [4.78, 5) is 1.21. The Morgan fingerprint density at radius 3 is 1.94 bits per heavy atom. The van der Waals surface area contributed by atoms with Crippen molar-refractivity contribution >= 4 is 0 Å². The summed E-state index contributed by atoms with van der Waals surface area (Å²) in [6, 6.07) is -0.833. The SMILES string of the molecule is CC(N)C(N(CCO)CC(F)(F)F)C(C)(C)C.